The maximum atomic E-state index is 13.4. The van der Waals surface area contributed by atoms with Gasteiger partial charge in [-0.05, 0) is 13.1 Å². The molecule has 9 heteroatoms. The standard InChI is InChI=1S/C9H10F4N2O2S/c1-15-18(16)8-3-6(14)7(2-5(8)10)17-4-9(11,12)13/h2-3,15H,4,14H2,1H3. The highest BCUT2D eigenvalue weighted by Gasteiger charge is 2.29. The molecule has 0 radical (unpaired) electrons. The van der Waals surface area contributed by atoms with E-state index in [0.717, 1.165) is 6.07 Å². The minimum atomic E-state index is -4.55. The SMILES string of the molecule is CNS(=O)c1cc(N)c(OCC(F)(F)F)cc1F. The number of rotatable bonds is 4. The van der Waals surface area contributed by atoms with Crippen molar-refractivity contribution in [3.05, 3.63) is 17.9 Å². The number of hydrogen-bond donors (Lipinski definition) is 2. The summed E-state index contributed by atoms with van der Waals surface area (Å²) in [5, 5.41) is 0. The number of benzene rings is 1. The monoisotopic (exact) mass is 286 g/mol. The number of nitrogens with one attached hydrogen (secondary N) is 1. The summed E-state index contributed by atoms with van der Waals surface area (Å²) < 4.78 is 67.1. The summed E-state index contributed by atoms with van der Waals surface area (Å²) in [5.41, 5.74) is 5.17. The summed E-state index contributed by atoms with van der Waals surface area (Å²) in [7, 11) is -0.491. The van der Waals surface area contributed by atoms with Gasteiger partial charge in [-0.3, -0.25) is 0 Å². The molecule has 0 spiro atoms. The van der Waals surface area contributed by atoms with Crippen LogP contribution in [0.15, 0.2) is 17.0 Å². The maximum absolute atomic E-state index is 13.4. The summed E-state index contributed by atoms with van der Waals surface area (Å²) >= 11 is 0. The predicted molar refractivity (Wildman–Crippen MR) is 57.8 cm³/mol. The highest BCUT2D eigenvalue weighted by atomic mass is 32.2. The molecule has 0 aromatic heterocycles. The third kappa shape index (κ3) is 3.84. The topological polar surface area (TPSA) is 64.4 Å². The second-order valence-electron chi connectivity index (χ2n) is 3.20. The average Bonchev–Trinajstić information content (AvgIpc) is 2.27. The van der Waals surface area contributed by atoms with Gasteiger partial charge in [-0.2, -0.15) is 13.2 Å². The minimum absolute atomic E-state index is 0.223. The molecule has 1 rings (SSSR count). The fourth-order valence-electron chi connectivity index (χ4n) is 1.09. The third-order valence-electron chi connectivity index (χ3n) is 1.84. The van der Waals surface area contributed by atoms with E-state index in [-0.39, 0.29) is 10.6 Å². The van der Waals surface area contributed by atoms with Gasteiger partial charge in [0.2, 0.25) is 0 Å². The average molecular weight is 286 g/mol. The number of alkyl halides is 3. The van der Waals surface area contributed by atoms with Gasteiger partial charge in [0, 0.05) is 6.07 Å². The van der Waals surface area contributed by atoms with Crippen LogP contribution in [-0.2, 0) is 11.0 Å². The largest absolute Gasteiger partial charge is 0.482 e. The van der Waals surface area contributed by atoms with Crippen molar-refractivity contribution < 1.29 is 26.5 Å². The van der Waals surface area contributed by atoms with Gasteiger partial charge in [-0.15, -0.1) is 0 Å². The first-order valence-electron chi connectivity index (χ1n) is 4.62. The summed E-state index contributed by atoms with van der Waals surface area (Å²) in [4.78, 5) is -0.255. The summed E-state index contributed by atoms with van der Waals surface area (Å²) in [6.07, 6.45) is -4.55. The lowest BCUT2D eigenvalue weighted by Gasteiger charge is -2.12. The predicted octanol–water partition coefficient (Wildman–Crippen LogP) is 1.59. The first-order chi connectivity index (χ1) is 8.24. The number of nitrogen functional groups attached to an aromatic ring is 1. The molecule has 0 heterocycles. The van der Waals surface area contributed by atoms with Gasteiger partial charge in [0.15, 0.2) is 6.61 Å². The molecule has 0 amide bonds. The van der Waals surface area contributed by atoms with E-state index in [1.165, 1.54) is 7.05 Å². The molecule has 0 saturated carbocycles. The Labute approximate surface area is 103 Å². The zero-order valence-electron chi connectivity index (χ0n) is 9.18. The molecule has 0 saturated heterocycles. The van der Waals surface area contributed by atoms with Crippen molar-refractivity contribution in [2.45, 2.75) is 11.1 Å². The van der Waals surface area contributed by atoms with Crippen LogP contribution in [-0.4, -0.2) is 24.0 Å². The number of ether oxygens (including phenoxy) is 1. The van der Waals surface area contributed by atoms with Crippen LogP contribution >= 0.6 is 0 Å². The number of hydrogen-bond acceptors (Lipinski definition) is 3. The maximum Gasteiger partial charge on any atom is 0.422 e. The van der Waals surface area contributed by atoms with Crippen molar-refractivity contribution in [2.75, 3.05) is 19.4 Å². The van der Waals surface area contributed by atoms with Gasteiger partial charge in [-0.1, -0.05) is 0 Å². The van der Waals surface area contributed by atoms with Crippen molar-refractivity contribution >= 4 is 16.7 Å². The third-order valence-corrected chi connectivity index (χ3v) is 2.92. The Hall–Kier alpha value is -1.35. The molecule has 18 heavy (non-hydrogen) atoms. The van der Waals surface area contributed by atoms with E-state index in [0.29, 0.717) is 6.07 Å². The summed E-state index contributed by atoms with van der Waals surface area (Å²) in [6.45, 7) is -1.58. The van der Waals surface area contributed by atoms with E-state index >= 15 is 0 Å². The van der Waals surface area contributed by atoms with E-state index in [4.69, 9.17) is 5.73 Å². The molecule has 0 fully saturated rings. The lowest BCUT2D eigenvalue weighted by atomic mass is 10.3. The van der Waals surface area contributed by atoms with Crippen LogP contribution in [0, 0.1) is 5.82 Å². The van der Waals surface area contributed by atoms with Crippen LogP contribution in [0.25, 0.3) is 0 Å². The summed E-state index contributed by atoms with van der Waals surface area (Å²) in [5.74, 6) is -1.41. The smallest absolute Gasteiger partial charge is 0.422 e. The van der Waals surface area contributed by atoms with Crippen molar-refractivity contribution in [1.29, 1.82) is 0 Å². The van der Waals surface area contributed by atoms with Gasteiger partial charge in [0.1, 0.15) is 22.6 Å². The Kier molecular flexibility index (Phi) is 4.52. The Morgan fingerprint density at radius 1 is 1.44 bits per heavy atom. The Morgan fingerprint density at radius 2 is 2.06 bits per heavy atom. The van der Waals surface area contributed by atoms with Crippen molar-refractivity contribution in [2.24, 2.45) is 0 Å². The Morgan fingerprint density at radius 3 is 2.56 bits per heavy atom. The lowest BCUT2D eigenvalue weighted by Crippen LogP contribution is -2.20. The van der Waals surface area contributed by atoms with Crippen LogP contribution in [0.5, 0.6) is 5.75 Å². The molecule has 1 aromatic rings. The zero-order valence-corrected chi connectivity index (χ0v) is 9.99. The van der Waals surface area contributed by atoms with Crippen LogP contribution in [0.2, 0.25) is 0 Å². The molecule has 4 nitrogen and oxygen atoms in total. The molecule has 102 valence electrons. The second kappa shape index (κ2) is 5.53. The van der Waals surface area contributed by atoms with Crippen molar-refractivity contribution in [3.8, 4) is 5.75 Å². The van der Waals surface area contributed by atoms with Crippen molar-refractivity contribution in [1.82, 2.24) is 4.72 Å². The Bertz CT molecular complexity index is 465. The van der Waals surface area contributed by atoms with E-state index < -0.39 is 35.3 Å². The van der Waals surface area contributed by atoms with E-state index in [1.807, 2.05) is 0 Å². The number of anilines is 1. The molecular weight excluding hydrogens is 276 g/mol. The van der Waals surface area contributed by atoms with Gasteiger partial charge >= 0.3 is 6.18 Å². The first kappa shape index (κ1) is 14.7. The molecule has 0 aliphatic heterocycles. The number of halogens is 4. The van der Waals surface area contributed by atoms with Gasteiger partial charge < -0.3 is 10.5 Å². The van der Waals surface area contributed by atoms with Crippen LogP contribution in [0.1, 0.15) is 0 Å². The Balaban J connectivity index is 2.97. The van der Waals surface area contributed by atoms with E-state index in [9.17, 15) is 21.8 Å². The molecule has 0 bridgehead atoms. The van der Waals surface area contributed by atoms with Gasteiger partial charge in [-0.25, -0.2) is 13.3 Å². The minimum Gasteiger partial charge on any atom is -0.482 e. The highest BCUT2D eigenvalue weighted by molar-refractivity contribution is 7.83. The summed E-state index contributed by atoms with van der Waals surface area (Å²) in [6, 6.07) is 1.64. The quantitative estimate of drug-likeness (QED) is 0.652. The molecule has 0 aliphatic rings. The van der Waals surface area contributed by atoms with Gasteiger partial charge in [0.25, 0.3) is 0 Å². The molecule has 1 unspecified atom stereocenters. The second-order valence-corrected chi connectivity index (χ2v) is 4.58. The highest BCUT2D eigenvalue weighted by Crippen LogP contribution is 2.28. The van der Waals surface area contributed by atoms with Gasteiger partial charge in [0.05, 0.1) is 10.6 Å². The zero-order chi connectivity index (χ0) is 13.9. The fraction of sp³-hybridized carbons (Fsp3) is 0.333. The first-order valence-corrected chi connectivity index (χ1v) is 5.77. The fourth-order valence-corrected chi connectivity index (χ4v) is 1.78. The molecule has 0 aliphatic carbocycles. The lowest BCUT2D eigenvalue weighted by molar-refractivity contribution is -0.153. The molecular formula is C9H10F4N2O2S. The molecule has 1 aromatic carbocycles. The molecule has 3 N–H and O–H groups in total. The van der Waals surface area contributed by atoms with E-state index in [2.05, 4.69) is 9.46 Å². The van der Waals surface area contributed by atoms with E-state index in [1.54, 1.807) is 0 Å². The normalized spacial score (nSPS) is 13.4. The van der Waals surface area contributed by atoms with Crippen LogP contribution in [0.4, 0.5) is 23.2 Å². The molecule has 1 atom stereocenters. The van der Waals surface area contributed by atoms with Crippen molar-refractivity contribution in [3.63, 3.8) is 0 Å². The van der Waals surface area contributed by atoms with Crippen LogP contribution < -0.4 is 15.2 Å². The number of nitrogens with two attached hydrogens (primary N) is 1. The van der Waals surface area contributed by atoms with Crippen LogP contribution in [0.3, 0.4) is 0 Å².